The first-order valence-corrected chi connectivity index (χ1v) is 12.2. The lowest BCUT2D eigenvalue weighted by atomic mass is 9.78. The summed E-state index contributed by atoms with van der Waals surface area (Å²) in [5, 5.41) is 38.5. The van der Waals surface area contributed by atoms with E-state index in [1.165, 1.54) is 0 Å². The minimum absolute atomic E-state index is 0.0604. The molecule has 0 radical (unpaired) electrons. The smallest absolute Gasteiger partial charge is 0.138 e. The number of hydrogen-bond acceptors (Lipinski definition) is 8. The van der Waals surface area contributed by atoms with E-state index in [1.807, 2.05) is 38.1 Å². The number of anilines is 4. The number of phenolic OH excluding ortho intramolecular Hbond substituents is 4. The number of benzene rings is 4. The Balaban J connectivity index is 0.000000211. The molecule has 4 aromatic rings. The van der Waals surface area contributed by atoms with Crippen LogP contribution in [0.25, 0.3) is 0 Å². The topological polar surface area (TPSA) is 185 Å². The summed E-state index contributed by atoms with van der Waals surface area (Å²) in [6.45, 7) is 4.01. The molecule has 0 amide bonds. The second kappa shape index (κ2) is 11.6. The van der Waals surface area contributed by atoms with Crippen molar-refractivity contribution in [1.82, 2.24) is 0 Å². The number of phenols is 4. The van der Waals surface area contributed by atoms with Gasteiger partial charge in [-0.15, -0.1) is 0 Å². The van der Waals surface area contributed by atoms with E-state index in [9.17, 15) is 20.4 Å². The van der Waals surface area contributed by atoms with Crippen LogP contribution in [0.1, 0.15) is 42.5 Å². The lowest BCUT2D eigenvalue weighted by Gasteiger charge is -2.26. The Morgan fingerprint density at radius 3 is 1.13 bits per heavy atom. The maximum absolute atomic E-state index is 9.71. The summed E-state index contributed by atoms with van der Waals surface area (Å²) in [6, 6.07) is 21.0. The molecule has 4 rings (SSSR count). The monoisotopic (exact) mass is 516 g/mol. The zero-order valence-corrected chi connectivity index (χ0v) is 21.6. The van der Waals surface area contributed by atoms with Crippen molar-refractivity contribution in [3.63, 3.8) is 0 Å². The summed E-state index contributed by atoms with van der Waals surface area (Å²) in [4.78, 5) is 0. The van der Waals surface area contributed by atoms with Crippen LogP contribution in [0.15, 0.2) is 72.8 Å². The van der Waals surface area contributed by atoms with Crippen molar-refractivity contribution in [3.05, 3.63) is 95.1 Å². The van der Waals surface area contributed by atoms with E-state index < -0.39 is 0 Å². The summed E-state index contributed by atoms with van der Waals surface area (Å²) < 4.78 is 0. The number of aromatic hydroxyl groups is 4. The van der Waals surface area contributed by atoms with E-state index in [0.717, 1.165) is 41.5 Å². The average Bonchev–Trinajstić information content (AvgIpc) is 2.87. The van der Waals surface area contributed by atoms with Crippen LogP contribution < -0.4 is 22.9 Å². The van der Waals surface area contributed by atoms with Crippen LogP contribution in [-0.4, -0.2) is 20.4 Å². The van der Waals surface area contributed by atoms with Gasteiger partial charge in [0, 0.05) is 5.41 Å². The Morgan fingerprint density at radius 2 is 0.816 bits per heavy atom. The number of nitrogens with two attached hydrogens (primary N) is 4. The summed E-state index contributed by atoms with van der Waals surface area (Å²) >= 11 is 0. The van der Waals surface area contributed by atoms with Crippen molar-refractivity contribution >= 4 is 22.7 Å². The van der Waals surface area contributed by atoms with Crippen LogP contribution in [0.3, 0.4) is 0 Å². The van der Waals surface area contributed by atoms with Crippen molar-refractivity contribution in [2.45, 2.75) is 38.5 Å². The number of hydrogen-bond donors (Lipinski definition) is 8. The fourth-order valence-electron chi connectivity index (χ4n) is 4.02. The number of rotatable bonds is 6. The molecule has 0 aromatic heterocycles. The number of nitrogen functional groups attached to an aromatic ring is 4. The fraction of sp³-hybridized carbons (Fsp3) is 0.200. The summed E-state index contributed by atoms with van der Waals surface area (Å²) in [6.07, 6.45) is 2.62. The lowest BCUT2D eigenvalue weighted by Crippen LogP contribution is -2.19. The Morgan fingerprint density at radius 1 is 0.500 bits per heavy atom. The molecule has 0 saturated carbocycles. The molecule has 0 aliphatic carbocycles. The molecule has 0 aliphatic heterocycles. The van der Waals surface area contributed by atoms with Crippen molar-refractivity contribution in [3.8, 4) is 23.0 Å². The molecular weight excluding hydrogens is 480 g/mol. The molecule has 0 unspecified atom stereocenters. The van der Waals surface area contributed by atoms with Gasteiger partial charge >= 0.3 is 0 Å². The van der Waals surface area contributed by atoms with E-state index in [-0.39, 0.29) is 28.4 Å². The molecule has 0 heterocycles. The van der Waals surface area contributed by atoms with Crippen molar-refractivity contribution < 1.29 is 20.4 Å². The molecule has 8 heteroatoms. The minimum Gasteiger partial charge on any atom is -0.506 e. The van der Waals surface area contributed by atoms with Crippen molar-refractivity contribution in [2.75, 3.05) is 22.9 Å². The zero-order chi connectivity index (χ0) is 28.0. The first-order valence-electron chi connectivity index (χ1n) is 12.2. The highest BCUT2D eigenvalue weighted by Crippen LogP contribution is 2.37. The third-order valence-electron chi connectivity index (χ3n) is 6.62. The van der Waals surface area contributed by atoms with Gasteiger partial charge in [0.1, 0.15) is 23.0 Å². The molecule has 0 bridgehead atoms. The van der Waals surface area contributed by atoms with Crippen molar-refractivity contribution in [2.24, 2.45) is 0 Å². The summed E-state index contributed by atoms with van der Waals surface area (Å²) in [5.74, 6) is 0.376. The molecule has 0 fully saturated rings. The molecule has 8 nitrogen and oxygen atoms in total. The fourth-order valence-corrected chi connectivity index (χ4v) is 4.02. The normalized spacial score (nSPS) is 11.0. The van der Waals surface area contributed by atoms with E-state index >= 15 is 0 Å². The van der Waals surface area contributed by atoms with E-state index in [2.05, 4.69) is 0 Å². The van der Waals surface area contributed by atoms with Crippen LogP contribution in [0.5, 0.6) is 23.0 Å². The summed E-state index contributed by atoms with van der Waals surface area (Å²) in [5.41, 5.74) is 27.3. The Bertz CT molecular complexity index is 1310. The number of aryl methyl sites for hydroxylation is 2. The van der Waals surface area contributed by atoms with Gasteiger partial charge in [0.15, 0.2) is 0 Å². The first kappa shape index (κ1) is 27.9. The Hall–Kier alpha value is -4.72. The Kier molecular flexibility index (Phi) is 8.47. The van der Waals surface area contributed by atoms with Crippen LogP contribution in [0.2, 0.25) is 0 Å². The standard InChI is InChI=1S/2C15H18N2O2/c1-15(2,9-3-5-11(16)13(18)7-9)10-4-6-12(17)14(19)8-10;16-12-6-4-10(8-14(12)18)2-1-3-11-5-7-13(17)15(19)9-11/h3-8,18-19H,16-17H2,1-2H3;4-9,18-19H,1-3,16-17H2. The van der Waals surface area contributed by atoms with Gasteiger partial charge in [-0.1, -0.05) is 38.1 Å². The maximum atomic E-state index is 9.71. The van der Waals surface area contributed by atoms with Gasteiger partial charge in [0.2, 0.25) is 0 Å². The molecule has 0 spiro atoms. The molecule has 12 N–H and O–H groups in total. The lowest BCUT2D eigenvalue weighted by molar-refractivity contribution is 0.472. The van der Waals surface area contributed by atoms with E-state index in [1.54, 1.807) is 48.5 Å². The largest absolute Gasteiger partial charge is 0.506 e. The van der Waals surface area contributed by atoms with Crippen LogP contribution in [0, 0.1) is 0 Å². The second-order valence-corrected chi connectivity index (χ2v) is 9.81. The van der Waals surface area contributed by atoms with Gasteiger partial charge in [-0.05, 0) is 90.0 Å². The SMILES string of the molecule is CC(C)(c1ccc(N)c(O)c1)c1ccc(N)c(O)c1.Nc1ccc(CCCc2ccc(N)c(O)c2)cc1O. The van der Waals surface area contributed by atoms with Crippen LogP contribution in [0.4, 0.5) is 22.7 Å². The van der Waals surface area contributed by atoms with Gasteiger partial charge < -0.3 is 43.4 Å². The molecule has 38 heavy (non-hydrogen) atoms. The second-order valence-electron chi connectivity index (χ2n) is 9.81. The third-order valence-corrected chi connectivity index (χ3v) is 6.62. The highest BCUT2D eigenvalue weighted by molar-refractivity contribution is 5.58. The predicted molar refractivity (Wildman–Crippen MR) is 154 cm³/mol. The maximum Gasteiger partial charge on any atom is 0.138 e. The van der Waals surface area contributed by atoms with Crippen LogP contribution in [-0.2, 0) is 18.3 Å². The Labute approximate surface area is 222 Å². The van der Waals surface area contributed by atoms with Crippen molar-refractivity contribution in [1.29, 1.82) is 0 Å². The van der Waals surface area contributed by atoms with Crippen LogP contribution >= 0.6 is 0 Å². The predicted octanol–water partition coefficient (Wildman–Crippen LogP) is 5.03. The van der Waals surface area contributed by atoms with Gasteiger partial charge in [-0.25, -0.2) is 0 Å². The highest BCUT2D eigenvalue weighted by atomic mass is 16.3. The summed E-state index contributed by atoms with van der Waals surface area (Å²) in [7, 11) is 0. The molecular formula is C30H36N4O4. The molecule has 200 valence electrons. The quantitative estimate of drug-likeness (QED) is 0.129. The third kappa shape index (κ3) is 6.73. The molecule has 0 atom stereocenters. The van der Waals surface area contributed by atoms with E-state index in [4.69, 9.17) is 22.9 Å². The molecule has 4 aromatic carbocycles. The van der Waals surface area contributed by atoms with E-state index in [0.29, 0.717) is 22.7 Å². The zero-order valence-electron chi connectivity index (χ0n) is 21.6. The van der Waals surface area contributed by atoms with Gasteiger partial charge in [0.25, 0.3) is 0 Å². The minimum atomic E-state index is -0.379. The highest BCUT2D eigenvalue weighted by Gasteiger charge is 2.24. The molecule has 0 aliphatic rings. The van der Waals surface area contributed by atoms with Gasteiger partial charge in [-0.2, -0.15) is 0 Å². The average molecular weight is 517 g/mol. The van der Waals surface area contributed by atoms with Gasteiger partial charge in [0.05, 0.1) is 22.7 Å². The first-order chi connectivity index (χ1) is 17.9. The molecule has 0 saturated heterocycles. The van der Waals surface area contributed by atoms with Gasteiger partial charge in [-0.3, -0.25) is 0 Å².